The predicted octanol–water partition coefficient (Wildman–Crippen LogP) is 18.8. The number of carbonyl (C=O) groups is 3. The fourth-order valence-electron chi connectivity index (χ4n) is 6.96. The molecule has 0 saturated heterocycles. The molecule has 0 heterocycles. The van der Waals surface area contributed by atoms with Gasteiger partial charge in [0.2, 0.25) is 0 Å². The molecule has 0 spiro atoms. The summed E-state index contributed by atoms with van der Waals surface area (Å²) >= 11 is 0. The summed E-state index contributed by atoms with van der Waals surface area (Å²) in [6.45, 7) is 6.29. The van der Waals surface area contributed by atoms with E-state index in [9.17, 15) is 14.4 Å². The minimum atomic E-state index is -0.839. The van der Waals surface area contributed by atoms with Gasteiger partial charge in [-0.25, -0.2) is 0 Å². The highest BCUT2D eigenvalue weighted by atomic mass is 16.6. The monoisotopic (exact) mass is 965 g/mol. The lowest BCUT2D eigenvalue weighted by Crippen LogP contribution is -2.30. The molecule has 0 saturated carbocycles. The van der Waals surface area contributed by atoms with Crippen molar-refractivity contribution in [1.29, 1.82) is 0 Å². The number of hydrogen-bond donors (Lipinski definition) is 0. The Bertz CT molecular complexity index is 1580. The second kappa shape index (κ2) is 56.9. The van der Waals surface area contributed by atoms with Crippen molar-refractivity contribution < 1.29 is 28.6 Å². The molecule has 1 unspecified atom stereocenters. The van der Waals surface area contributed by atoms with E-state index in [0.717, 1.165) is 128 Å². The Labute approximate surface area is 429 Å². The second-order valence-corrected chi connectivity index (χ2v) is 17.8. The van der Waals surface area contributed by atoms with Gasteiger partial charge in [0, 0.05) is 19.3 Å². The first-order valence-corrected chi connectivity index (χ1v) is 27.9. The molecule has 0 aliphatic rings. The quantitative estimate of drug-likeness (QED) is 0.0199. The molecule has 0 rings (SSSR count). The van der Waals surface area contributed by atoms with Gasteiger partial charge in [0.1, 0.15) is 13.2 Å². The summed E-state index contributed by atoms with van der Waals surface area (Å²) in [4.78, 5) is 38.1. The molecule has 6 heteroatoms. The Morgan fingerprint density at radius 2 is 0.614 bits per heavy atom. The molecule has 0 radical (unpaired) electrons. The Kier molecular flexibility index (Phi) is 53.0. The summed E-state index contributed by atoms with van der Waals surface area (Å²) in [7, 11) is 0. The summed E-state index contributed by atoms with van der Waals surface area (Å²) in [5, 5.41) is 0. The summed E-state index contributed by atoms with van der Waals surface area (Å²) < 4.78 is 16.7. The van der Waals surface area contributed by atoms with Crippen molar-refractivity contribution in [3.8, 4) is 0 Å². The minimum absolute atomic E-state index is 0.131. The molecule has 392 valence electrons. The van der Waals surface area contributed by atoms with E-state index in [1.807, 2.05) is 0 Å². The fourth-order valence-corrected chi connectivity index (χ4v) is 6.96. The topological polar surface area (TPSA) is 78.9 Å². The van der Waals surface area contributed by atoms with Gasteiger partial charge in [-0.15, -0.1) is 0 Å². The average Bonchev–Trinajstić information content (AvgIpc) is 3.36. The van der Waals surface area contributed by atoms with Crippen LogP contribution in [0.4, 0.5) is 0 Å². The molecule has 1 atom stereocenters. The normalized spacial score (nSPS) is 13.2. The molecule has 0 fully saturated rings. The SMILES string of the molecule is CC/C=C\C/C=C\C/C=C\C/C=C\C/C=C\CCCCCC(=O)OCC(COC(=O)CCCCC/C=C\C=C/CCCCCCCCC)OC(=O)CCC/C=C\C/C=C\C/C=C\C/C=C\C/C=C\CC. The largest absolute Gasteiger partial charge is 0.462 e. The Morgan fingerprint density at radius 3 is 1.00 bits per heavy atom. The van der Waals surface area contributed by atoms with Crippen molar-refractivity contribution >= 4 is 17.9 Å². The van der Waals surface area contributed by atoms with E-state index >= 15 is 0 Å². The molecule has 0 amide bonds. The van der Waals surface area contributed by atoms with Crippen LogP contribution in [0.5, 0.6) is 0 Å². The molecule has 0 aromatic rings. The minimum Gasteiger partial charge on any atom is -0.462 e. The number of ether oxygens (including phenoxy) is 3. The van der Waals surface area contributed by atoms with Gasteiger partial charge in [-0.05, 0) is 128 Å². The Hall–Kier alpha value is -4.71. The van der Waals surface area contributed by atoms with E-state index < -0.39 is 6.10 Å². The first-order chi connectivity index (χ1) is 34.5. The number of hydrogen-bond acceptors (Lipinski definition) is 6. The third kappa shape index (κ3) is 54.2. The molecule has 70 heavy (non-hydrogen) atoms. The Morgan fingerprint density at radius 1 is 0.314 bits per heavy atom. The van der Waals surface area contributed by atoms with Crippen LogP contribution in [0.3, 0.4) is 0 Å². The lowest BCUT2D eigenvalue weighted by molar-refractivity contribution is -0.167. The van der Waals surface area contributed by atoms with Crippen molar-refractivity contribution in [2.45, 2.75) is 226 Å². The molecule has 0 bridgehead atoms. The van der Waals surface area contributed by atoms with Crippen molar-refractivity contribution in [1.82, 2.24) is 0 Å². The van der Waals surface area contributed by atoms with Crippen molar-refractivity contribution in [2.24, 2.45) is 0 Å². The zero-order valence-corrected chi connectivity index (χ0v) is 44.7. The van der Waals surface area contributed by atoms with Gasteiger partial charge >= 0.3 is 17.9 Å². The van der Waals surface area contributed by atoms with Gasteiger partial charge in [0.15, 0.2) is 6.10 Å². The van der Waals surface area contributed by atoms with Gasteiger partial charge in [-0.1, -0.05) is 218 Å². The van der Waals surface area contributed by atoms with Gasteiger partial charge < -0.3 is 14.2 Å². The molecular formula is C64H100O6. The van der Waals surface area contributed by atoms with Gasteiger partial charge in [-0.3, -0.25) is 14.4 Å². The number of rotatable bonds is 48. The van der Waals surface area contributed by atoms with Crippen molar-refractivity contribution in [3.63, 3.8) is 0 Å². The first-order valence-electron chi connectivity index (χ1n) is 27.9. The summed E-state index contributed by atoms with van der Waals surface area (Å²) in [6, 6.07) is 0. The summed E-state index contributed by atoms with van der Waals surface area (Å²) in [5.41, 5.74) is 0. The zero-order valence-electron chi connectivity index (χ0n) is 44.7. The Balaban J connectivity index is 4.61. The van der Waals surface area contributed by atoms with E-state index in [1.54, 1.807) is 0 Å². The molecule has 0 N–H and O–H groups in total. The zero-order chi connectivity index (χ0) is 50.7. The van der Waals surface area contributed by atoms with Gasteiger partial charge in [0.25, 0.3) is 0 Å². The summed E-state index contributed by atoms with van der Waals surface area (Å²) in [5.74, 6) is -1.05. The van der Waals surface area contributed by atoms with E-state index in [-0.39, 0.29) is 37.5 Å². The van der Waals surface area contributed by atoms with Gasteiger partial charge in [0.05, 0.1) is 0 Å². The van der Waals surface area contributed by atoms with Crippen molar-refractivity contribution in [3.05, 3.63) is 146 Å². The molecule has 0 aromatic carbocycles. The van der Waals surface area contributed by atoms with Crippen LogP contribution >= 0.6 is 0 Å². The second-order valence-electron chi connectivity index (χ2n) is 17.8. The smallest absolute Gasteiger partial charge is 0.306 e. The highest BCUT2D eigenvalue weighted by molar-refractivity contribution is 5.71. The third-order valence-electron chi connectivity index (χ3n) is 11.1. The lowest BCUT2D eigenvalue weighted by atomic mass is 10.1. The number of allylic oxidation sites excluding steroid dienone is 24. The maximum Gasteiger partial charge on any atom is 0.306 e. The summed E-state index contributed by atoms with van der Waals surface area (Å²) in [6.07, 6.45) is 81.3. The van der Waals surface area contributed by atoms with E-state index in [4.69, 9.17) is 14.2 Å². The van der Waals surface area contributed by atoms with Crippen LogP contribution in [0.2, 0.25) is 0 Å². The van der Waals surface area contributed by atoms with E-state index in [0.29, 0.717) is 19.3 Å². The standard InChI is InChI=1S/C64H100O6/c1-4-7-10-13-16-19-22-25-28-31-32-34-36-39-42-45-48-51-54-57-63(66)69-60-61(59-68-62(65)56-53-50-47-44-41-38-35-30-27-24-21-18-15-12-9-6-3)70-64(67)58-55-52-49-46-43-40-37-33-29-26-23-20-17-14-11-8-5-2/h7-8,10-11,16-17,19-20,25-26,28-30,32,34-35,37-42,46,49,61H,4-6,9,12-15,18,21-24,27,31,33,36,43-45,47-48,50-60H2,1-3H3/b10-7-,11-8-,19-16-,20-17-,28-25-,29-26-,34-32-,35-30-,40-37-,41-38-,42-39-,49-46-. The van der Waals surface area contributed by atoms with Gasteiger partial charge in [-0.2, -0.15) is 0 Å². The van der Waals surface area contributed by atoms with E-state index in [1.165, 1.54) is 44.9 Å². The molecule has 6 nitrogen and oxygen atoms in total. The molecule has 0 aromatic heterocycles. The maximum absolute atomic E-state index is 12.8. The molecule has 0 aliphatic heterocycles. The van der Waals surface area contributed by atoms with Crippen LogP contribution in [0.25, 0.3) is 0 Å². The lowest BCUT2D eigenvalue weighted by Gasteiger charge is -2.18. The third-order valence-corrected chi connectivity index (χ3v) is 11.1. The van der Waals surface area contributed by atoms with Crippen LogP contribution in [0, 0.1) is 0 Å². The van der Waals surface area contributed by atoms with Crippen LogP contribution < -0.4 is 0 Å². The highest BCUT2D eigenvalue weighted by Crippen LogP contribution is 2.11. The molecule has 0 aliphatic carbocycles. The number of carbonyl (C=O) groups excluding carboxylic acids is 3. The van der Waals surface area contributed by atoms with E-state index in [2.05, 4.69) is 167 Å². The fraction of sp³-hybridized carbons (Fsp3) is 0.578. The number of unbranched alkanes of at least 4 members (excludes halogenated alkanes) is 14. The van der Waals surface area contributed by atoms with Crippen LogP contribution in [-0.4, -0.2) is 37.2 Å². The van der Waals surface area contributed by atoms with Crippen LogP contribution in [0.1, 0.15) is 220 Å². The van der Waals surface area contributed by atoms with Crippen molar-refractivity contribution in [2.75, 3.05) is 13.2 Å². The predicted molar refractivity (Wildman–Crippen MR) is 302 cm³/mol. The maximum atomic E-state index is 12.8. The van der Waals surface area contributed by atoms with Crippen LogP contribution in [-0.2, 0) is 28.6 Å². The molecular weight excluding hydrogens is 865 g/mol. The van der Waals surface area contributed by atoms with Crippen LogP contribution in [0.15, 0.2) is 146 Å². The number of esters is 3. The average molecular weight is 965 g/mol. The first kappa shape index (κ1) is 65.3. The highest BCUT2D eigenvalue weighted by Gasteiger charge is 2.19.